The molecule has 0 unspecified atom stereocenters. The van der Waals surface area contributed by atoms with Crippen LogP contribution in [0.2, 0.25) is 0 Å². The van der Waals surface area contributed by atoms with Gasteiger partial charge < -0.3 is 18.9 Å². The van der Waals surface area contributed by atoms with Crippen LogP contribution in [-0.4, -0.2) is 31.9 Å². The fraction of sp³-hybridized carbons (Fsp3) is 0.115. The predicted molar refractivity (Wildman–Crippen MR) is 119 cm³/mol. The minimum atomic E-state index is -0.429. The summed E-state index contributed by atoms with van der Waals surface area (Å²) in [6.45, 7) is 0.281. The monoisotopic (exact) mass is 444 g/mol. The lowest BCUT2D eigenvalue weighted by molar-refractivity contribution is 0.0592. The van der Waals surface area contributed by atoms with E-state index in [2.05, 4.69) is 9.47 Å². The van der Waals surface area contributed by atoms with Crippen molar-refractivity contribution in [2.75, 3.05) is 14.2 Å². The molecular weight excluding hydrogens is 424 g/mol. The van der Waals surface area contributed by atoms with Gasteiger partial charge in [0, 0.05) is 6.07 Å². The Morgan fingerprint density at radius 3 is 2.06 bits per heavy atom. The summed E-state index contributed by atoms with van der Waals surface area (Å²) in [6.07, 6.45) is 1.62. The van der Waals surface area contributed by atoms with E-state index in [1.165, 1.54) is 14.2 Å². The Balaban J connectivity index is 1.43. The van der Waals surface area contributed by atoms with E-state index in [9.17, 15) is 14.4 Å². The molecule has 0 bridgehead atoms. The number of fused-ring (bicyclic) bond motifs is 1. The van der Waals surface area contributed by atoms with Crippen molar-refractivity contribution in [2.45, 2.75) is 6.61 Å². The van der Waals surface area contributed by atoms with E-state index in [4.69, 9.17) is 9.47 Å². The summed E-state index contributed by atoms with van der Waals surface area (Å²) in [5, 5.41) is 0. The molecule has 7 heteroatoms. The number of carbonyl (C=O) groups is 3. The molecule has 0 saturated heterocycles. The Morgan fingerprint density at radius 1 is 0.848 bits per heavy atom. The number of hydrogen-bond acceptors (Lipinski definition) is 7. The fourth-order valence-electron chi connectivity index (χ4n) is 3.26. The zero-order valence-corrected chi connectivity index (χ0v) is 18.0. The molecule has 1 aliphatic rings. The van der Waals surface area contributed by atoms with Crippen LogP contribution in [0.5, 0.6) is 11.5 Å². The highest BCUT2D eigenvalue weighted by atomic mass is 16.5. The van der Waals surface area contributed by atoms with Crippen molar-refractivity contribution in [3.8, 4) is 11.5 Å². The van der Waals surface area contributed by atoms with E-state index in [-0.39, 0.29) is 18.1 Å². The Morgan fingerprint density at radius 2 is 1.45 bits per heavy atom. The second-order valence-electron chi connectivity index (χ2n) is 7.19. The number of esters is 2. The van der Waals surface area contributed by atoms with Crippen molar-refractivity contribution in [3.63, 3.8) is 0 Å². The van der Waals surface area contributed by atoms with Crippen molar-refractivity contribution >= 4 is 23.8 Å². The second-order valence-corrected chi connectivity index (χ2v) is 7.19. The van der Waals surface area contributed by atoms with Gasteiger partial charge >= 0.3 is 11.9 Å². The van der Waals surface area contributed by atoms with Gasteiger partial charge in [0.1, 0.15) is 18.1 Å². The Kier molecular flexibility index (Phi) is 6.22. The third kappa shape index (κ3) is 4.77. The van der Waals surface area contributed by atoms with Crippen LogP contribution in [0.4, 0.5) is 0 Å². The van der Waals surface area contributed by atoms with Crippen LogP contribution >= 0.6 is 0 Å². The van der Waals surface area contributed by atoms with Crippen LogP contribution in [0.15, 0.2) is 72.5 Å². The van der Waals surface area contributed by atoms with Crippen molar-refractivity contribution in [1.82, 2.24) is 0 Å². The minimum Gasteiger partial charge on any atom is -0.489 e. The van der Waals surface area contributed by atoms with Crippen LogP contribution < -0.4 is 9.47 Å². The number of carbonyl (C=O) groups excluding carboxylic acids is 3. The van der Waals surface area contributed by atoms with Crippen molar-refractivity contribution in [3.05, 3.63) is 100 Å². The SMILES string of the molecule is COC(=O)c1ccc(C=C2Oc3cc(OCc4ccc(C(=O)OC)cc4)ccc3C2=O)cc1. The molecule has 0 aromatic heterocycles. The molecule has 4 rings (SSSR count). The highest BCUT2D eigenvalue weighted by molar-refractivity contribution is 6.14. The van der Waals surface area contributed by atoms with Crippen LogP contribution in [0.1, 0.15) is 42.2 Å². The number of ketones is 1. The smallest absolute Gasteiger partial charge is 0.337 e. The number of Topliss-reactive ketones (excluding diaryl/α,β-unsaturated/α-hetero) is 1. The lowest BCUT2D eigenvalue weighted by atomic mass is 10.1. The first kappa shape index (κ1) is 21.8. The van der Waals surface area contributed by atoms with Crippen LogP contribution in [0, 0.1) is 0 Å². The lowest BCUT2D eigenvalue weighted by Gasteiger charge is -2.08. The molecule has 1 heterocycles. The second kappa shape index (κ2) is 9.40. The summed E-state index contributed by atoms with van der Waals surface area (Å²) in [4.78, 5) is 35.7. The first-order chi connectivity index (χ1) is 16.0. The molecule has 33 heavy (non-hydrogen) atoms. The summed E-state index contributed by atoms with van der Waals surface area (Å²) in [5.74, 6) is 0.0875. The molecule has 0 spiro atoms. The molecule has 0 amide bonds. The summed E-state index contributed by atoms with van der Waals surface area (Å²) in [5.41, 5.74) is 2.91. The first-order valence-corrected chi connectivity index (χ1v) is 10.0. The van der Waals surface area contributed by atoms with Crippen molar-refractivity contribution < 1.29 is 33.3 Å². The van der Waals surface area contributed by atoms with Gasteiger partial charge in [-0.15, -0.1) is 0 Å². The van der Waals surface area contributed by atoms with Crippen LogP contribution in [0.3, 0.4) is 0 Å². The Labute approximate surface area is 190 Å². The molecule has 7 nitrogen and oxygen atoms in total. The van der Waals surface area contributed by atoms with Crippen LogP contribution in [-0.2, 0) is 16.1 Å². The molecule has 166 valence electrons. The van der Waals surface area contributed by atoms with E-state index in [1.54, 1.807) is 72.8 Å². The predicted octanol–water partition coefficient (Wildman–Crippen LogP) is 4.46. The number of hydrogen-bond donors (Lipinski definition) is 0. The molecule has 3 aromatic rings. The molecule has 0 saturated carbocycles. The van der Waals surface area contributed by atoms with Gasteiger partial charge in [0.25, 0.3) is 0 Å². The third-order valence-corrected chi connectivity index (χ3v) is 5.05. The van der Waals surface area contributed by atoms with E-state index in [0.29, 0.717) is 33.8 Å². The average Bonchev–Trinajstić information content (AvgIpc) is 3.16. The van der Waals surface area contributed by atoms with E-state index in [1.807, 2.05) is 0 Å². The van der Waals surface area contributed by atoms with Crippen molar-refractivity contribution in [2.24, 2.45) is 0 Å². The lowest BCUT2D eigenvalue weighted by Crippen LogP contribution is -2.02. The third-order valence-electron chi connectivity index (χ3n) is 5.05. The summed E-state index contributed by atoms with van der Waals surface area (Å²) >= 11 is 0. The molecule has 0 N–H and O–H groups in total. The number of ether oxygens (including phenoxy) is 4. The maximum Gasteiger partial charge on any atom is 0.337 e. The van der Waals surface area contributed by atoms with Gasteiger partial charge in [0.05, 0.1) is 30.9 Å². The molecule has 0 atom stereocenters. The van der Waals surface area contributed by atoms with Gasteiger partial charge in [-0.05, 0) is 53.6 Å². The van der Waals surface area contributed by atoms with E-state index in [0.717, 1.165) is 5.56 Å². The zero-order chi connectivity index (χ0) is 23.4. The molecule has 0 radical (unpaired) electrons. The summed E-state index contributed by atoms with van der Waals surface area (Å²) in [7, 11) is 2.65. The van der Waals surface area contributed by atoms with Gasteiger partial charge in [0.15, 0.2) is 5.76 Å². The number of allylic oxidation sites excluding steroid dienone is 1. The molecular formula is C26H20O7. The van der Waals surface area contributed by atoms with Gasteiger partial charge in [-0.3, -0.25) is 4.79 Å². The molecule has 3 aromatic carbocycles. The fourth-order valence-corrected chi connectivity index (χ4v) is 3.26. The van der Waals surface area contributed by atoms with E-state index < -0.39 is 11.9 Å². The van der Waals surface area contributed by atoms with Gasteiger partial charge in [-0.2, -0.15) is 0 Å². The largest absolute Gasteiger partial charge is 0.489 e. The Hall–Kier alpha value is -4.39. The van der Waals surface area contributed by atoms with Crippen molar-refractivity contribution in [1.29, 1.82) is 0 Å². The van der Waals surface area contributed by atoms with Gasteiger partial charge in [-0.1, -0.05) is 24.3 Å². The highest BCUT2D eigenvalue weighted by Gasteiger charge is 2.27. The molecule has 1 aliphatic heterocycles. The molecule has 0 fully saturated rings. The summed E-state index contributed by atoms with van der Waals surface area (Å²) in [6, 6.07) is 18.6. The number of rotatable bonds is 6. The quantitative estimate of drug-likeness (QED) is 0.410. The number of methoxy groups -OCH3 is 2. The zero-order valence-electron chi connectivity index (χ0n) is 18.0. The standard InChI is InChI=1S/C26H20O7/c1-30-25(28)18-7-3-16(4-8-18)13-23-24(27)21-12-11-20(14-22(21)33-23)32-15-17-5-9-19(10-6-17)26(29)31-2/h3-14H,15H2,1-2H3. The normalized spacial score (nSPS) is 13.3. The van der Waals surface area contributed by atoms with E-state index >= 15 is 0 Å². The first-order valence-electron chi connectivity index (χ1n) is 10.0. The topological polar surface area (TPSA) is 88.1 Å². The maximum absolute atomic E-state index is 12.7. The summed E-state index contributed by atoms with van der Waals surface area (Å²) < 4.78 is 20.9. The van der Waals surface area contributed by atoms with Crippen LogP contribution in [0.25, 0.3) is 6.08 Å². The van der Waals surface area contributed by atoms with Gasteiger partial charge in [0.2, 0.25) is 5.78 Å². The van der Waals surface area contributed by atoms with Gasteiger partial charge in [-0.25, -0.2) is 9.59 Å². The molecule has 0 aliphatic carbocycles. The highest BCUT2D eigenvalue weighted by Crippen LogP contribution is 2.35. The maximum atomic E-state index is 12.7. The number of benzene rings is 3. The minimum absolute atomic E-state index is 0.186. The Bertz CT molecular complexity index is 1240. The average molecular weight is 444 g/mol.